The smallest absolute Gasteiger partial charge is 0.127 e. The SMILES string of the molecule is Cc1cc(C(Cl)C2CCCCO2)c(Cl)cc1F. The van der Waals surface area contributed by atoms with E-state index in [9.17, 15) is 4.39 Å². The molecule has 1 aromatic rings. The lowest BCUT2D eigenvalue weighted by Crippen LogP contribution is -2.23. The van der Waals surface area contributed by atoms with Gasteiger partial charge >= 0.3 is 0 Å². The fourth-order valence-corrected chi connectivity index (χ4v) is 2.79. The van der Waals surface area contributed by atoms with E-state index in [1.54, 1.807) is 13.0 Å². The highest BCUT2D eigenvalue weighted by Crippen LogP contribution is 2.36. The average molecular weight is 277 g/mol. The van der Waals surface area contributed by atoms with Gasteiger partial charge in [-0.2, -0.15) is 0 Å². The van der Waals surface area contributed by atoms with Gasteiger partial charge in [0.2, 0.25) is 0 Å². The number of alkyl halides is 1. The van der Waals surface area contributed by atoms with Crippen molar-refractivity contribution in [3.63, 3.8) is 0 Å². The van der Waals surface area contributed by atoms with Crippen molar-refractivity contribution in [3.05, 3.63) is 34.1 Å². The van der Waals surface area contributed by atoms with Gasteiger partial charge in [-0.3, -0.25) is 0 Å². The Labute approximate surface area is 111 Å². The van der Waals surface area contributed by atoms with Gasteiger partial charge in [0.25, 0.3) is 0 Å². The lowest BCUT2D eigenvalue weighted by atomic mass is 9.99. The van der Waals surface area contributed by atoms with Crippen molar-refractivity contribution < 1.29 is 9.13 Å². The molecule has 0 aromatic heterocycles. The van der Waals surface area contributed by atoms with Crippen molar-refractivity contribution in [1.29, 1.82) is 0 Å². The van der Waals surface area contributed by atoms with Crippen LogP contribution in [-0.2, 0) is 4.74 Å². The molecule has 94 valence electrons. The molecule has 17 heavy (non-hydrogen) atoms. The quantitative estimate of drug-likeness (QED) is 0.716. The molecule has 1 nitrogen and oxygen atoms in total. The van der Waals surface area contributed by atoms with E-state index in [0.717, 1.165) is 31.4 Å². The van der Waals surface area contributed by atoms with Crippen LogP contribution in [0, 0.1) is 12.7 Å². The van der Waals surface area contributed by atoms with E-state index >= 15 is 0 Å². The molecule has 1 aliphatic heterocycles. The molecule has 2 atom stereocenters. The molecule has 1 aliphatic rings. The number of rotatable bonds is 2. The highest BCUT2D eigenvalue weighted by molar-refractivity contribution is 6.32. The van der Waals surface area contributed by atoms with Crippen molar-refractivity contribution in [2.75, 3.05) is 6.61 Å². The Bertz CT molecular complexity index is 403. The van der Waals surface area contributed by atoms with Crippen molar-refractivity contribution in [3.8, 4) is 0 Å². The molecule has 4 heteroatoms. The second kappa shape index (κ2) is 5.55. The topological polar surface area (TPSA) is 9.23 Å². The third-order valence-electron chi connectivity index (χ3n) is 3.12. The van der Waals surface area contributed by atoms with Gasteiger partial charge in [0, 0.05) is 11.6 Å². The van der Waals surface area contributed by atoms with Crippen LogP contribution in [0.1, 0.15) is 35.8 Å². The van der Waals surface area contributed by atoms with E-state index in [0.29, 0.717) is 10.6 Å². The second-order valence-corrected chi connectivity index (χ2v) is 5.31. The van der Waals surface area contributed by atoms with Gasteiger partial charge in [-0.05, 0) is 43.4 Å². The zero-order valence-corrected chi connectivity index (χ0v) is 11.2. The Morgan fingerprint density at radius 1 is 1.41 bits per heavy atom. The predicted molar refractivity (Wildman–Crippen MR) is 68.3 cm³/mol. The van der Waals surface area contributed by atoms with Gasteiger partial charge in [-0.1, -0.05) is 17.7 Å². The summed E-state index contributed by atoms with van der Waals surface area (Å²) < 4.78 is 18.9. The summed E-state index contributed by atoms with van der Waals surface area (Å²) >= 11 is 12.4. The first kappa shape index (κ1) is 13.1. The molecule has 0 spiro atoms. The third kappa shape index (κ3) is 2.93. The summed E-state index contributed by atoms with van der Waals surface area (Å²) in [6.07, 6.45) is 3.11. The zero-order chi connectivity index (χ0) is 12.4. The maximum Gasteiger partial charge on any atom is 0.127 e. The Balaban J connectivity index is 2.23. The van der Waals surface area contributed by atoms with Crippen LogP contribution < -0.4 is 0 Å². The molecule has 2 rings (SSSR count). The van der Waals surface area contributed by atoms with E-state index in [4.69, 9.17) is 27.9 Å². The molecular formula is C13H15Cl2FO. The lowest BCUT2D eigenvalue weighted by molar-refractivity contribution is 0.0136. The van der Waals surface area contributed by atoms with Crippen LogP contribution in [0.25, 0.3) is 0 Å². The second-order valence-electron chi connectivity index (χ2n) is 4.43. The van der Waals surface area contributed by atoms with Gasteiger partial charge in [0.15, 0.2) is 0 Å². The summed E-state index contributed by atoms with van der Waals surface area (Å²) in [7, 11) is 0. The summed E-state index contributed by atoms with van der Waals surface area (Å²) in [5.41, 5.74) is 1.32. The van der Waals surface area contributed by atoms with Crippen molar-refractivity contribution in [2.45, 2.75) is 37.7 Å². The molecule has 0 saturated carbocycles. The summed E-state index contributed by atoms with van der Waals surface area (Å²) in [5.74, 6) is -0.299. The number of hydrogen-bond acceptors (Lipinski definition) is 1. The Morgan fingerprint density at radius 3 is 2.82 bits per heavy atom. The molecule has 1 fully saturated rings. The van der Waals surface area contributed by atoms with Crippen molar-refractivity contribution in [1.82, 2.24) is 0 Å². The highest BCUT2D eigenvalue weighted by atomic mass is 35.5. The van der Waals surface area contributed by atoms with E-state index in [1.165, 1.54) is 6.07 Å². The maximum atomic E-state index is 13.3. The van der Waals surface area contributed by atoms with Gasteiger partial charge in [-0.25, -0.2) is 4.39 Å². The third-order valence-corrected chi connectivity index (χ3v) is 3.96. The van der Waals surface area contributed by atoms with Crippen LogP contribution in [-0.4, -0.2) is 12.7 Å². The number of ether oxygens (including phenoxy) is 1. The first-order valence-electron chi connectivity index (χ1n) is 5.81. The fourth-order valence-electron chi connectivity index (χ4n) is 2.09. The maximum absolute atomic E-state index is 13.3. The molecular weight excluding hydrogens is 262 g/mol. The summed E-state index contributed by atoms with van der Waals surface area (Å²) in [6, 6.07) is 3.04. The van der Waals surface area contributed by atoms with Crippen LogP contribution in [0.15, 0.2) is 12.1 Å². The van der Waals surface area contributed by atoms with Crippen molar-refractivity contribution >= 4 is 23.2 Å². The number of hydrogen-bond donors (Lipinski definition) is 0. The molecule has 0 aliphatic carbocycles. The minimum atomic E-state index is -0.304. The number of aryl methyl sites for hydroxylation is 1. The molecule has 0 radical (unpaired) electrons. The molecule has 0 N–H and O–H groups in total. The average Bonchev–Trinajstić information content (AvgIpc) is 2.34. The lowest BCUT2D eigenvalue weighted by Gasteiger charge is -2.27. The molecule has 1 saturated heterocycles. The Kier molecular flexibility index (Phi) is 4.29. The van der Waals surface area contributed by atoms with Gasteiger partial charge in [0.1, 0.15) is 5.82 Å². The summed E-state index contributed by atoms with van der Waals surface area (Å²) in [4.78, 5) is 0. The van der Waals surface area contributed by atoms with Crippen LogP contribution in [0.3, 0.4) is 0 Å². The highest BCUT2D eigenvalue weighted by Gasteiger charge is 2.26. The molecule has 0 amide bonds. The van der Waals surface area contributed by atoms with E-state index in [-0.39, 0.29) is 17.3 Å². The Hall–Kier alpha value is -0.310. The van der Waals surface area contributed by atoms with E-state index in [2.05, 4.69) is 0 Å². The van der Waals surface area contributed by atoms with Crippen LogP contribution in [0.4, 0.5) is 4.39 Å². The predicted octanol–water partition coefficient (Wildman–Crippen LogP) is 4.64. The van der Waals surface area contributed by atoms with Crippen LogP contribution in [0.2, 0.25) is 5.02 Å². The largest absolute Gasteiger partial charge is 0.376 e. The normalized spacial score (nSPS) is 22.5. The van der Waals surface area contributed by atoms with E-state index < -0.39 is 0 Å². The summed E-state index contributed by atoms with van der Waals surface area (Å²) in [5, 5.41) is 0.0735. The van der Waals surface area contributed by atoms with Crippen LogP contribution in [0.5, 0.6) is 0 Å². The fraction of sp³-hybridized carbons (Fsp3) is 0.538. The van der Waals surface area contributed by atoms with Crippen LogP contribution >= 0.6 is 23.2 Å². The molecule has 1 heterocycles. The standard InChI is InChI=1S/C13H15Cl2FO/c1-8-6-9(10(14)7-11(8)16)13(15)12-4-2-3-5-17-12/h6-7,12-13H,2-5H2,1H3. The zero-order valence-electron chi connectivity index (χ0n) is 9.68. The van der Waals surface area contributed by atoms with Gasteiger partial charge < -0.3 is 4.74 Å². The summed E-state index contributed by atoms with van der Waals surface area (Å²) in [6.45, 7) is 2.45. The monoisotopic (exact) mass is 276 g/mol. The molecule has 2 unspecified atom stereocenters. The van der Waals surface area contributed by atoms with E-state index in [1.807, 2.05) is 0 Å². The molecule has 1 aromatic carbocycles. The first-order valence-corrected chi connectivity index (χ1v) is 6.62. The van der Waals surface area contributed by atoms with Gasteiger partial charge in [-0.15, -0.1) is 11.6 Å². The molecule has 0 bridgehead atoms. The Morgan fingerprint density at radius 2 is 2.18 bits per heavy atom. The number of halogens is 3. The minimum absolute atomic E-state index is 0.0206. The minimum Gasteiger partial charge on any atom is -0.376 e. The number of benzene rings is 1. The van der Waals surface area contributed by atoms with Crippen molar-refractivity contribution in [2.24, 2.45) is 0 Å². The van der Waals surface area contributed by atoms with Gasteiger partial charge in [0.05, 0.1) is 11.5 Å². The first-order chi connectivity index (χ1) is 8.09.